The zero-order valence-electron chi connectivity index (χ0n) is 7.03. The van der Waals surface area contributed by atoms with E-state index >= 15 is 0 Å². The summed E-state index contributed by atoms with van der Waals surface area (Å²) in [5.41, 5.74) is 0. The second-order valence-corrected chi connectivity index (χ2v) is 2.82. The average molecular weight is 185 g/mol. The molecular weight excluding hydrogens is 174 g/mol. The van der Waals surface area contributed by atoms with Crippen molar-refractivity contribution in [3.8, 4) is 0 Å². The summed E-state index contributed by atoms with van der Waals surface area (Å²) in [7, 11) is 0. The standard InChI is InChI=1S/C8H11NO4/c1-2-3-13-8(12)9-6-4-5(6)7(10)11/h2,5-6H,1,3-4H2,(H,9,12)(H,10,11)/t5-,6+/m1/s1. The molecule has 5 nitrogen and oxygen atoms in total. The van der Waals surface area contributed by atoms with Gasteiger partial charge in [-0.15, -0.1) is 0 Å². The van der Waals surface area contributed by atoms with Gasteiger partial charge in [0.2, 0.25) is 0 Å². The van der Waals surface area contributed by atoms with Gasteiger partial charge in [-0.05, 0) is 6.42 Å². The van der Waals surface area contributed by atoms with Gasteiger partial charge >= 0.3 is 12.1 Å². The van der Waals surface area contributed by atoms with Gasteiger partial charge in [-0.1, -0.05) is 12.7 Å². The largest absolute Gasteiger partial charge is 0.481 e. The number of aliphatic carboxylic acids is 1. The maximum atomic E-state index is 10.8. The molecule has 13 heavy (non-hydrogen) atoms. The lowest BCUT2D eigenvalue weighted by Crippen LogP contribution is -2.28. The molecule has 1 aliphatic rings. The van der Waals surface area contributed by atoms with E-state index in [4.69, 9.17) is 5.11 Å². The molecule has 72 valence electrons. The van der Waals surface area contributed by atoms with Crippen molar-refractivity contribution in [2.24, 2.45) is 5.92 Å². The summed E-state index contributed by atoms with van der Waals surface area (Å²) in [5.74, 6) is -1.33. The second kappa shape index (κ2) is 3.93. The number of carbonyl (C=O) groups excluding carboxylic acids is 1. The molecule has 1 fully saturated rings. The highest BCUT2D eigenvalue weighted by atomic mass is 16.5. The smallest absolute Gasteiger partial charge is 0.407 e. The van der Waals surface area contributed by atoms with Crippen molar-refractivity contribution in [1.82, 2.24) is 5.32 Å². The van der Waals surface area contributed by atoms with Gasteiger partial charge in [-0.3, -0.25) is 4.79 Å². The Morgan fingerprint density at radius 2 is 2.38 bits per heavy atom. The molecule has 0 aliphatic heterocycles. The summed E-state index contributed by atoms with van der Waals surface area (Å²) < 4.78 is 4.61. The number of ether oxygens (including phenoxy) is 1. The molecule has 0 radical (unpaired) electrons. The Bertz CT molecular complexity index is 238. The third-order valence-corrected chi connectivity index (χ3v) is 1.74. The summed E-state index contributed by atoms with van der Waals surface area (Å²) in [6.45, 7) is 3.51. The van der Waals surface area contributed by atoms with E-state index in [0.717, 1.165) is 0 Å². The predicted molar refractivity (Wildman–Crippen MR) is 44.2 cm³/mol. The Morgan fingerprint density at radius 1 is 1.69 bits per heavy atom. The van der Waals surface area contributed by atoms with Gasteiger partial charge in [0.05, 0.1) is 5.92 Å². The van der Waals surface area contributed by atoms with Crippen LogP contribution in [0.1, 0.15) is 6.42 Å². The minimum atomic E-state index is -0.881. The topological polar surface area (TPSA) is 75.6 Å². The molecule has 0 spiro atoms. The molecule has 0 aromatic carbocycles. The molecule has 0 aromatic heterocycles. The third kappa shape index (κ3) is 2.77. The number of carboxylic acid groups (broad SMARTS) is 1. The Balaban J connectivity index is 2.16. The predicted octanol–water partition coefficient (Wildman–Crippen LogP) is 0.372. The molecule has 0 heterocycles. The van der Waals surface area contributed by atoms with Crippen LogP contribution < -0.4 is 5.32 Å². The molecular formula is C8H11NO4. The van der Waals surface area contributed by atoms with E-state index < -0.39 is 18.0 Å². The van der Waals surface area contributed by atoms with E-state index in [1.165, 1.54) is 6.08 Å². The Morgan fingerprint density at radius 3 is 2.85 bits per heavy atom. The minimum Gasteiger partial charge on any atom is -0.481 e. The van der Waals surface area contributed by atoms with Crippen LogP contribution in [-0.4, -0.2) is 29.8 Å². The SMILES string of the molecule is C=CCOC(=O)N[C@H]1C[C@H]1C(=O)O. The van der Waals surface area contributed by atoms with Crippen molar-refractivity contribution in [3.63, 3.8) is 0 Å². The lowest BCUT2D eigenvalue weighted by atomic mass is 10.4. The molecule has 0 bridgehead atoms. The van der Waals surface area contributed by atoms with Crippen molar-refractivity contribution in [1.29, 1.82) is 0 Å². The van der Waals surface area contributed by atoms with Crippen LogP contribution in [0, 0.1) is 5.92 Å². The lowest BCUT2D eigenvalue weighted by molar-refractivity contribution is -0.138. The first-order valence-electron chi connectivity index (χ1n) is 3.92. The molecule has 0 saturated heterocycles. The first-order chi connectivity index (χ1) is 6.15. The van der Waals surface area contributed by atoms with Gasteiger partial charge in [0, 0.05) is 6.04 Å². The summed E-state index contributed by atoms with van der Waals surface area (Å²) in [5, 5.41) is 10.9. The Kier molecular flexibility index (Phi) is 2.89. The van der Waals surface area contributed by atoms with Crippen LogP contribution >= 0.6 is 0 Å². The molecule has 1 saturated carbocycles. The quantitative estimate of drug-likeness (QED) is 0.620. The molecule has 2 N–H and O–H groups in total. The summed E-state index contributed by atoms with van der Waals surface area (Å²) in [4.78, 5) is 21.2. The molecule has 1 amide bonds. The van der Waals surface area contributed by atoms with Crippen LogP contribution in [-0.2, 0) is 9.53 Å². The van der Waals surface area contributed by atoms with Crippen molar-refractivity contribution in [2.45, 2.75) is 12.5 Å². The van der Waals surface area contributed by atoms with Crippen molar-refractivity contribution >= 4 is 12.1 Å². The molecule has 0 unspecified atom stereocenters. The fourth-order valence-corrected chi connectivity index (χ4v) is 0.955. The second-order valence-electron chi connectivity index (χ2n) is 2.82. The lowest BCUT2D eigenvalue weighted by Gasteiger charge is -2.02. The fraction of sp³-hybridized carbons (Fsp3) is 0.500. The monoisotopic (exact) mass is 185 g/mol. The number of nitrogens with one attached hydrogen (secondary N) is 1. The number of alkyl carbamates (subject to hydrolysis) is 1. The number of rotatable bonds is 4. The molecule has 1 rings (SSSR count). The number of carboxylic acids is 1. The number of hydrogen-bond acceptors (Lipinski definition) is 3. The van der Waals surface area contributed by atoms with Gasteiger partial charge in [0.25, 0.3) is 0 Å². The van der Waals surface area contributed by atoms with E-state index in [9.17, 15) is 9.59 Å². The Hall–Kier alpha value is -1.52. The minimum absolute atomic E-state index is 0.135. The van der Waals surface area contributed by atoms with E-state index in [1.807, 2.05) is 0 Å². The zero-order chi connectivity index (χ0) is 9.84. The highest BCUT2D eigenvalue weighted by Gasteiger charge is 2.44. The molecule has 5 heteroatoms. The van der Waals surface area contributed by atoms with Crippen LogP contribution in [0.25, 0.3) is 0 Å². The van der Waals surface area contributed by atoms with Gasteiger partial charge in [-0.2, -0.15) is 0 Å². The zero-order valence-corrected chi connectivity index (χ0v) is 7.03. The number of carbonyl (C=O) groups is 2. The molecule has 2 atom stereocenters. The van der Waals surface area contributed by atoms with E-state index in [-0.39, 0.29) is 12.6 Å². The third-order valence-electron chi connectivity index (χ3n) is 1.74. The van der Waals surface area contributed by atoms with Crippen LogP contribution in [0.3, 0.4) is 0 Å². The number of hydrogen-bond donors (Lipinski definition) is 2. The van der Waals surface area contributed by atoms with E-state index in [1.54, 1.807) is 0 Å². The summed E-state index contributed by atoms with van der Waals surface area (Å²) >= 11 is 0. The van der Waals surface area contributed by atoms with Gasteiger partial charge < -0.3 is 15.2 Å². The van der Waals surface area contributed by atoms with Crippen molar-refractivity contribution in [3.05, 3.63) is 12.7 Å². The normalized spacial score (nSPS) is 24.6. The van der Waals surface area contributed by atoms with Crippen LogP contribution in [0.5, 0.6) is 0 Å². The maximum absolute atomic E-state index is 10.8. The summed E-state index contributed by atoms with van der Waals surface area (Å²) in [6.07, 6.45) is 1.34. The highest BCUT2D eigenvalue weighted by Crippen LogP contribution is 2.30. The van der Waals surface area contributed by atoms with Gasteiger partial charge in [0.15, 0.2) is 0 Å². The first kappa shape index (κ1) is 9.57. The van der Waals surface area contributed by atoms with Crippen molar-refractivity contribution in [2.75, 3.05) is 6.61 Å². The molecule has 1 aliphatic carbocycles. The first-order valence-corrected chi connectivity index (χ1v) is 3.92. The number of amides is 1. The average Bonchev–Trinajstić information content (AvgIpc) is 2.80. The maximum Gasteiger partial charge on any atom is 0.407 e. The highest BCUT2D eigenvalue weighted by molar-refractivity contribution is 5.77. The van der Waals surface area contributed by atoms with Gasteiger partial charge in [0.1, 0.15) is 6.61 Å². The van der Waals surface area contributed by atoms with Crippen molar-refractivity contribution < 1.29 is 19.4 Å². The van der Waals surface area contributed by atoms with Gasteiger partial charge in [-0.25, -0.2) is 4.79 Å². The van der Waals surface area contributed by atoms with Crippen LogP contribution in [0.15, 0.2) is 12.7 Å². The van der Waals surface area contributed by atoms with Crippen LogP contribution in [0.4, 0.5) is 4.79 Å². The van der Waals surface area contributed by atoms with E-state index in [2.05, 4.69) is 16.6 Å². The van der Waals surface area contributed by atoms with E-state index in [0.29, 0.717) is 6.42 Å². The fourth-order valence-electron chi connectivity index (χ4n) is 0.955. The summed E-state index contributed by atoms with van der Waals surface area (Å²) in [6, 6.07) is -0.269. The Labute approximate surface area is 75.4 Å². The molecule has 0 aromatic rings. The van der Waals surface area contributed by atoms with Crippen LogP contribution in [0.2, 0.25) is 0 Å².